The fourth-order valence-corrected chi connectivity index (χ4v) is 2.14. The van der Waals surface area contributed by atoms with E-state index in [1.54, 1.807) is 14.2 Å². The summed E-state index contributed by atoms with van der Waals surface area (Å²) in [5.41, 5.74) is 4.70. The average Bonchev–Trinajstić information content (AvgIpc) is 2.47. The molecule has 0 unspecified atom stereocenters. The minimum atomic E-state index is 0.699. The van der Waals surface area contributed by atoms with Gasteiger partial charge in [-0.3, -0.25) is 0 Å². The zero-order chi connectivity index (χ0) is 14.5. The average molecular weight is 271 g/mol. The summed E-state index contributed by atoms with van der Waals surface area (Å²) in [5.74, 6) is 1.70. The van der Waals surface area contributed by atoms with Crippen molar-refractivity contribution in [3.05, 3.63) is 53.1 Å². The van der Waals surface area contributed by atoms with Crippen molar-refractivity contribution in [2.24, 2.45) is 0 Å². The summed E-state index contributed by atoms with van der Waals surface area (Å²) in [5, 5.41) is 3.46. The monoisotopic (exact) mass is 271 g/mol. The Kier molecular flexibility index (Phi) is 4.51. The number of nitrogens with one attached hydrogen (secondary N) is 1. The van der Waals surface area contributed by atoms with Gasteiger partial charge in [0.05, 0.1) is 14.2 Å². The van der Waals surface area contributed by atoms with E-state index in [4.69, 9.17) is 9.47 Å². The molecule has 0 bridgehead atoms. The minimum Gasteiger partial charge on any atom is -0.497 e. The Labute approximate surface area is 120 Å². The molecule has 106 valence electrons. The van der Waals surface area contributed by atoms with Crippen LogP contribution >= 0.6 is 0 Å². The lowest BCUT2D eigenvalue weighted by atomic mass is 10.1. The molecule has 0 saturated heterocycles. The maximum atomic E-state index is 5.39. The number of methoxy groups -OCH3 is 2. The van der Waals surface area contributed by atoms with Crippen LogP contribution < -0.4 is 14.8 Å². The highest BCUT2D eigenvalue weighted by atomic mass is 16.5. The molecule has 0 heterocycles. The van der Waals surface area contributed by atoms with Crippen LogP contribution in [-0.2, 0) is 6.54 Å². The van der Waals surface area contributed by atoms with Crippen molar-refractivity contribution in [3.8, 4) is 11.5 Å². The molecule has 0 fully saturated rings. The van der Waals surface area contributed by atoms with Gasteiger partial charge in [0, 0.05) is 17.8 Å². The molecular formula is C17H21NO2. The predicted molar refractivity (Wildman–Crippen MR) is 82.8 cm³/mol. The van der Waals surface area contributed by atoms with Crippen LogP contribution in [-0.4, -0.2) is 14.2 Å². The summed E-state index contributed by atoms with van der Waals surface area (Å²) >= 11 is 0. The van der Waals surface area contributed by atoms with Gasteiger partial charge in [-0.15, -0.1) is 0 Å². The third-order valence-corrected chi connectivity index (χ3v) is 3.35. The smallest absolute Gasteiger partial charge is 0.124 e. The molecule has 3 nitrogen and oxygen atoms in total. The van der Waals surface area contributed by atoms with Gasteiger partial charge in [-0.2, -0.15) is 0 Å². The van der Waals surface area contributed by atoms with Gasteiger partial charge in [0.1, 0.15) is 11.5 Å². The maximum absolute atomic E-state index is 5.39. The van der Waals surface area contributed by atoms with Crippen LogP contribution in [0.1, 0.15) is 16.7 Å². The molecule has 20 heavy (non-hydrogen) atoms. The van der Waals surface area contributed by atoms with Crippen molar-refractivity contribution < 1.29 is 9.47 Å². The van der Waals surface area contributed by atoms with Crippen molar-refractivity contribution in [1.29, 1.82) is 0 Å². The lowest BCUT2D eigenvalue weighted by molar-refractivity contribution is 0.399. The lowest BCUT2D eigenvalue weighted by Crippen LogP contribution is -2.03. The highest BCUT2D eigenvalue weighted by Crippen LogP contribution is 2.25. The molecule has 0 saturated carbocycles. The van der Waals surface area contributed by atoms with Crippen molar-refractivity contribution >= 4 is 5.69 Å². The Bertz CT molecular complexity index is 594. The Hall–Kier alpha value is -2.16. The number of ether oxygens (including phenoxy) is 2. The zero-order valence-corrected chi connectivity index (χ0v) is 12.5. The second-order valence-electron chi connectivity index (χ2n) is 4.85. The Morgan fingerprint density at radius 1 is 0.950 bits per heavy atom. The molecular weight excluding hydrogens is 250 g/mol. The highest BCUT2D eigenvalue weighted by Gasteiger charge is 2.06. The number of aryl methyl sites for hydroxylation is 2. The van der Waals surface area contributed by atoms with E-state index >= 15 is 0 Å². The molecule has 0 aliphatic heterocycles. The highest BCUT2D eigenvalue weighted by molar-refractivity contribution is 5.53. The third kappa shape index (κ3) is 3.23. The van der Waals surface area contributed by atoms with Crippen molar-refractivity contribution in [2.45, 2.75) is 20.4 Å². The molecule has 0 amide bonds. The molecule has 2 aromatic rings. The number of rotatable bonds is 5. The van der Waals surface area contributed by atoms with Crippen LogP contribution in [0.25, 0.3) is 0 Å². The molecule has 0 aliphatic carbocycles. The summed E-state index contributed by atoms with van der Waals surface area (Å²) in [7, 11) is 3.35. The topological polar surface area (TPSA) is 30.5 Å². The number of benzene rings is 2. The summed E-state index contributed by atoms with van der Waals surface area (Å²) in [6, 6.07) is 12.2. The second kappa shape index (κ2) is 6.33. The van der Waals surface area contributed by atoms with E-state index in [2.05, 4.69) is 37.4 Å². The standard InChI is InChI=1S/C17H21NO2/c1-12-5-6-13(2)16(9-12)18-11-14-10-15(19-3)7-8-17(14)20-4/h5-10,18H,11H2,1-4H3. The van der Waals surface area contributed by atoms with E-state index in [9.17, 15) is 0 Å². The Balaban J connectivity index is 2.19. The molecule has 0 aliphatic rings. The Morgan fingerprint density at radius 2 is 1.75 bits per heavy atom. The summed E-state index contributed by atoms with van der Waals surface area (Å²) in [4.78, 5) is 0. The van der Waals surface area contributed by atoms with E-state index in [0.29, 0.717) is 6.54 Å². The first-order valence-corrected chi connectivity index (χ1v) is 6.66. The van der Waals surface area contributed by atoms with Gasteiger partial charge in [0.15, 0.2) is 0 Å². The summed E-state index contributed by atoms with van der Waals surface area (Å²) < 4.78 is 10.7. The number of anilines is 1. The van der Waals surface area contributed by atoms with Gasteiger partial charge in [0.2, 0.25) is 0 Å². The quantitative estimate of drug-likeness (QED) is 0.893. The van der Waals surface area contributed by atoms with Crippen LogP contribution in [0.4, 0.5) is 5.69 Å². The first-order valence-electron chi connectivity index (χ1n) is 6.66. The normalized spacial score (nSPS) is 10.2. The van der Waals surface area contributed by atoms with Crippen LogP contribution in [0.2, 0.25) is 0 Å². The fourth-order valence-electron chi connectivity index (χ4n) is 2.14. The first-order chi connectivity index (χ1) is 9.63. The molecule has 2 aromatic carbocycles. The van der Waals surface area contributed by atoms with Gasteiger partial charge in [-0.1, -0.05) is 12.1 Å². The molecule has 0 aromatic heterocycles. The van der Waals surface area contributed by atoms with Gasteiger partial charge in [0.25, 0.3) is 0 Å². The van der Waals surface area contributed by atoms with Crippen LogP contribution in [0.15, 0.2) is 36.4 Å². The minimum absolute atomic E-state index is 0.699. The third-order valence-electron chi connectivity index (χ3n) is 3.35. The van der Waals surface area contributed by atoms with Gasteiger partial charge in [-0.25, -0.2) is 0 Å². The molecule has 3 heteroatoms. The molecule has 2 rings (SSSR count). The predicted octanol–water partition coefficient (Wildman–Crippen LogP) is 3.93. The number of hydrogen-bond donors (Lipinski definition) is 1. The Morgan fingerprint density at radius 3 is 2.45 bits per heavy atom. The van der Waals surface area contributed by atoms with E-state index in [1.165, 1.54) is 11.1 Å². The van der Waals surface area contributed by atoms with Crippen LogP contribution in [0.3, 0.4) is 0 Å². The van der Waals surface area contributed by atoms with Crippen molar-refractivity contribution in [1.82, 2.24) is 0 Å². The van der Waals surface area contributed by atoms with Crippen LogP contribution in [0.5, 0.6) is 11.5 Å². The SMILES string of the molecule is COc1ccc(OC)c(CNc2cc(C)ccc2C)c1. The van der Waals surface area contributed by atoms with Crippen molar-refractivity contribution in [3.63, 3.8) is 0 Å². The largest absolute Gasteiger partial charge is 0.497 e. The molecule has 1 N–H and O–H groups in total. The van der Waals surface area contributed by atoms with E-state index < -0.39 is 0 Å². The van der Waals surface area contributed by atoms with Crippen LogP contribution in [0, 0.1) is 13.8 Å². The fraction of sp³-hybridized carbons (Fsp3) is 0.294. The van der Waals surface area contributed by atoms with E-state index in [0.717, 1.165) is 22.7 Å². The molecule has 0 spiro atoms. The summed E-state index contributed by atoms with van der Waals surface area (Å²) in [6.07, 6.45) is 0. The van der Waals surface area contributed by atoms with Crippen molar-refractivity contribution in [2.75, 3.05) is 19.5 Å². The number of hydrogen-bond acceptors (Lipinski definition) is 3. The second-order valence-corrected chi connectivity index (χ2v) is 4.85. The van der Waals surface area contributed by atoms with E-state index in [-0.39, 0.29) is 0 Å². The first kappa shape index (κ1) is 14.3. The van der Waals surface area contributed by atoms with E-state index in [1.807, 2.05) is 18.2 Å². The summed E-state index contributed by atoms with van der Waals surface area (Å²) in [6.45, 7) is 4.89. The van der Waals surface area contributed by atoms with Gasteiger partial charge < -0.3 is 14.8 Å². The molecule has 0 atom stereocenters. The van der Waals surface area contributed by atoms with Gasteiger partial charge in [-0.05, 0) is 49.2 Å². The maximum Gasteiger partial charge on any atom is 0.124 e. The zero-order valence-electron chi connectivity index (χ0n) is 12.5. The van der Waals surface area contributed by atoms with Gasteiger partial charge >= 0.3 is 0 Å². The molecule has 0 radical (unpaired) electrons. The lowest BCUT2D eigenvalue weighted by Gasteiger charge is -2.14.